The summed E-state index contributed by atoms with van der Waals surface area (Å²) in [5.41, 5.74) is -2.82. The van der Waals surface area contributed by atoms with Gasteiger partial charge in [0, 0.05) is 5.41 Å². The highest BCUT2D eigenvalue weighted by Gasteiger charge is 2.71. The number of fused-ring (bicyclic) bond motifs is 7. The smallest absolute Gasteiger partial charge is 0.397 e. The van der Waals surface area contributed by atoms with E-state index in [0.717, 1.165) is 5.57 Å². The van der Waals surface area contributed by atoms with Gasteiger partial charge in [0.2, 0.25) is 6.29 Å². The van der Waals surface area contributed by atoms with E-state index in [1.54, 1.807) is 6.92 Å². The molecule has 408 valence electrons. The summed E-state index contributed by atoms with van der Waals surface area (Å²) in [6, 6.07) is 0. The van der Waals surface area contributed by atoms with E-state index in [-0.39, 0.29) is 29.6 Å². The average Bonchev–Trinajstić information content (AvgIpc) is 3.30. The molecule has 0 aromatic carbocycles. The summed E-state index contributed by atoms with van der Waals surface area (Å²) >= 11 is 0. The first-order valence-electron chi connectivity index (χ1n) is 25.1. The molecule has 0 radical (unpaired) electrons. The summed E-state index contributed by atoms with van der Waals surface area (Å²) in [6.07, 6.45) is -20.5. The van der Waals surface area contributed by atoms with Gasteiger partial charge in [-0.1, -0.05) is 53.2 Å². The van der Waals surface area contributed by atoms with Crippen molar-refractivity contribution in [1.82, 2.24) is 0 Å². The third-order valence-corrected chi connectivity index (χ3v) is 20.0. The minimum Gasteiger partial charge on any atom is -0.432 e. The second-order valence-corrected chi connectivity index (χ2v) is 25.0. The Balaban J connectivity index is 0.989. The molecule has 71 heavy (non-hydrogen) atoms. The fourth-order valence-electron chi connectivity index (χ4n) is 15.2. The zero-order valence-corrected chi connectivity index (χ0v) is 42.3. The first kappa shape index (κ1) is 55.7. The molecule has 0 aromatic rings. The van der Waals surface area contributed by atoms with Crippen LogP contribution in [0.25, 0.3) is 0 Å². The van der Waals surface area contributed by atoms with Crippen LogP contribution in [0.3, 0.4) is 0 Å². The molecule has 3 heterocycles. The zero-order valence-electron chi connectivity index (χ0n) is 41.5. The van der Waals surface area contributed by atoms with Gasteiger partial charge in [0.1, 0.15) is 73.2 Å². The molecule has 25 atom stereocenters. The van der Waals surface area contributed by atoms with Crippen molar-refractivity contribution in [1.29, 1.82) is 0 Å². The van der Waals surface area contributed by atoms with Crippen LogP contribution < -0.4 is 0 Å². The van der Waals surface area contributed by atoms with Gasteiger partial charge < -0.3 is 84.6 Å². The van der Waals surface area contributed by atoms with Crippen molar-refractivity contribution in [3.63, 3.8) is 0 Å². The molecule has 5 aliphatic carbocycles. The van der Waals surface area contributed by atoms with E-state index >= 15 is 4.79 Å². The summed E-state index contributed by atoms with van der Waals surface area (Å²) in [5.74, 6) is -1.30. The maximum Gasteiger partial charge on any atom is 0.397 e. The van der Waals surface area contributed by atoms with Crippen molar-refractivity contribution < 1.29 is 107 Å². The van der Waals surface area contributed by atoms with Crippen molar-refractivity contribution >= 4 is 16.4 Å². The summed E-state index contributed by atoms with van der Waals surface area (Å²) in [7, 11) is -4.95. The Morgan fingerprint density at radius 1 is 0.718 bits per heavy atom. The standard InChI is InChI=1S/C48H78O22S/c1-21-29(52)31(54)34(57)40(65-21)68-37-25(18-49)66-39(36(59)33(37)56)64-19-26-30(53)32(55)35(58)41(67-26)69-42(60)48-14-12-43(2,3)16-23(48)22-8-9-28-44(4)17-24(51)38(70-71(61,62)63)45(5,20-50)27(44)10-11-47(28,7)46(22,6)13-15-48/h8,21,23-41,49-59H,9-20H2,1-7H3,(H,61,62,63). The molecule has 0 bridgehead atoms. The molecular weight excluding hydrogens is 961 g/mol. The van der Waals surface area contributed by atoms with Crippen molar-refractivity contribution in [3.8, 4) is 0 Å². The summed E-state index contributed by atoms with van der Waals surface area (Å²) < 4.78 is 73.4. The van der Waals surface area contributed by atoms with E-state index < -0.39 is 168 Å². The van der Waals surface area contributed by atoms with Crippen molar-refractivity contribution in [2.24, 2.45) is 50.2 Å². The van der Waals surface area contributed by atoms with Crippen molar-refractivity contribution in [2.75, 3.05) is 19.8 Å². The number of carbonyl (C=O) groups is 1. The van der Waals surface area contributed by atoms with Crippen LogP contribution in [-0.2, 0) is 47.8 Å². The molecule has 12 N–H and O–H groups in total. The lowest BCUT2D eigenvalue weighted by molar-refractivity contribution is -0.361. The van der Waals surface area contributed by atoms with Gasteiger partial charge in [-0.25, -0.2) is 4.18 Å². The monoisotopic (exact) mass is 1040 g/mol. The summed E-state index contributed by atoms with van der Waals surface area (Å²) in [5, 5.41) is 119. The van der Waals surface area contributed by atoms with E-state index in [1.165, 1.54) is 6.92 Å². The number of carbonyl (C=O) groups excluding carboxylic acids is 1. The number of esters is 1. The van der Waals surface area contributed by atoms with Gasteiger partial charge in [-0.3, -0.25) is 9.35 Å². The molecule has 0 amide bonds. The van der Waals surface area contributed by atoms with Crippen LogP contribution in [0.5, 0.6) is 0 Å². The topological polar surface area (TPSA) is 359 Å². The Hall–Kier alpha value is -1.56. The van der Waals surface area contributed by atoms with Gasteiger partial charge in [-0.2, -0.15) is 8.42 Å². The van der Waals surface area contributed by atoms with Crippen molar-refractivity contribution in [3.05, 3.63) is 11.6 Å². The van der Waals surface area contributed by atoms with Crippen LogP contribution >= 0.6 is 0 Å². The average molecular weight is 1040 g/mol. The molecule has 0 spiro atoms. The Labute approximate surface area is 414 Å². The van der Waals surface area contributed by atoms with E-state index in [0.29, 0.717) is 51.4 Å². The largest absolute Gasteiger partial charge is 0.432 e. The molecule has 8 rings (SSSR count). The lowest BCUT2D eigenvalue weighted by Gasteiger charge is -2.71. The second kappa shape index (κ2) is 19.5. The molecule has 8 aliphatic rings. The molecule has 4 saturated carbocycles. The molecular formula is C48H78O22S. The van der Waals surface area contributed by atoms with Crippen LogP contribution in [0, 0.1) is 50.2 Å². The van der Waals surface area contributed by atoms with Gasteiger partial charge in [0.15, 0.2) is 12.6 Å². The highest BCUT2D eigenvalue weighted by molar-refractivity contribution is 7.80. The molecule has 22 nitrogen and oxygen atoms in total. The second-order valence-electron chi connectivity index (χ2n) is 24.0. The minimum atomic E-state index is -4.95. The van der Waals surface area contributed by atoms with Crippen LogP contribution in [0.2, 0.25) is 0 Å². The van der Waals surface area contributed by atoms with E-state index in [4.69, 9.17) is 32.6 Å². The number of aliphatic hydroxyl groups is 11. The maximum atomic E-state index is 15.0. The normalized spacial score (nSPS) is 53.0. The van der Waals surface area contributed by atoms with E-state index in [1.807, 2.05) is 0 Å². The fourth-order valence-corrected chi connectivity index (χ4v) is 15.9. The van der Waals surface area contributed by atoms with Crippen LogP contribution in [0.15, 0.2) is 11.6 Å². The van der Waals surface area contributed by atoms with Gasteiger partial charge in [0.05, 0.1) is 37.4 Å². The Kier molecular flexibility index (Phi) is 15.3. The maximum absolute atomic E-state index is 15.0. The van der Waals surface area contributed by atoms with Gasteiger partial charge in [0.25, 0.3) is 0 Å². The van der Waals surface area contributed by atoms with Crippen LogP contribution in [0.4, 0.5) is 0 Å². The third-order valence-electron chi connectivity index (χ3n) is 19.6. The number of allylic oxidation sites excluding steroid dienone is 2. The lowest BCUT2D eigenvalue weighted by Crippen LogP contribution is -2.68. The molecule has 0 aromatic heterocycles. The quantitative estimate of drug-likeness (QED) is 0.0666. The van der Waals surface area contributed by atoms with Gasteiger partial charge in [-0.15, -0.1) is 0 Å². The first-order valence-corrected chi connectivity index (χ1v) is 26.4. The molecule has 7 fully saturated rings. The first-order chi connectivity index (χ1) is 32.9. The Morgan fingerprint density at radius 2 is 1.34 bits per heavy atom. The zero-order chi connectivity index (χ0) is 52.3. The molecule has 3 aliphatic heterocycles. The molecule has 3 saturated heterocycles. The number of ether oxygens (including phenoxy) is 6. The predicted octanol–water partition coefficient (Wildman–Crippen LogP) is -1.06. The third kappa shape index (κ3) is 9.18. The lowest BCUT2D eigenvalue weighted by atomic mass is 9.33. The highest BCUT2D eigenvalue weighted by Crippen LogP contribution is 2.76. The number of hydrogen-bond donors (Lipinski definition) is 12. The SMILES string of the molecule is CC1OC(OC2C(CO)OC(OCC3OC(OC(=O)C45CCC(C)(C)CC4C4=CCC6C7(C)CC(O)C(OS(=O)(=O)O)C(C)(CO)C7CCC6(C)C4(C)CC5)C(O)C(O)C3O)C(O)C2O)C(O)C(O)C1O. The number of rotatable bonds is 11. The van der Waals surface area contributed by atoms with Crippen molar-refractivity contribution in [2.45, 2.75) is 211 Å². The summed E-state index contributed by atoms with van der Waals surface area (Å²) in [4.78, 5) is 15.0. The Bertz CT molecular complexity index is 2090. The van der Waals surface area contributed by atoms with E-state index in [9.17, 15) is 69.1 Å². The predicted molar refractivity (Wildman–Crippen MR) is 242 cm³/mol. The minimum absolute atomic E-state index is 0.0452. The van der Waals surface area contributed by atoms with E-state index in [2.05, 4.69) is 40.7 Å². The van der Waals surface area contributed by atoms with Crippen LogP contribution in [0.1, 0.15) is 106 Å². The fraction of sp³-hybridized carbons (Fsp3) is 0.938. The van der Waals surface area contributed by atoms with Gasteiger partial charge >= 0.3 is 16.4 Å². The van der Waals surface area contributed by atoms with Gasteiger partial charge in [-0.05, 0) is 104 Å². The molecule has 23 heteroatoms. The summed E-state index contributed by atoms with van der Waals surface area (Å²) in [6.45, 7) is 12.1. The highest BCUT2D eigenvalue weighted by atomic mass is 32.3. The van der Waals surface area contributed by atoms with Crippen LogP contribution in [-0.4, -0.2) is 199 Å². The number of hydrogen-bond acceptors (Lipinski definition) is 21. The Morgan fingerprint density at radius 3 is 1.99 bits per heavy atom. The molecule has 25 unspecified atom stereocenters. The number of aliphatic hydroxyl groups excluding tert-OH is 11.